The van der Waals surface area contributed by atoms with E-state index in [1.54, 1.807) is 19.2 Å². The van der Waals surface area contributed by atoms with Gasteiger partial charge in [-0.25, -0.2) is 4.39 Å². The minimum absolute atomic E-state index is 0.113. The molecule has 0 heterocycles. The number of hydrogen-bond acceptors (Lipinski definition) is 3. The third kappa shape index (κ3) is 5.22. The minimum atomic E-state index is -0.671. The molecule has 3 nitrogen and oxygen atoms in total. The highest BCUT2D eigenvalue weighted by atomic mass is 19.1. The van der Waals surface area contributed by atoms with Gasteiger partial charge in [-0.15, -0.1) is 0 Å². The number of benzene rings is 2. The minimum Gasteiger partial charge on any atom is -0.387 e. The van der Waals surface area contributed by atoms with Crippen LogP contribution >= 0.6 is 0 Å². The summed E-state index contributed by atoms with van der Waals surface area (Å²) in [7, 11) is 1.66. The summed E-state index contributed by atoms with van der Waals surface area (Å²) in [4.78, 5) is 0. The fraction of sp³-hybridized carbons (Fsp3) is 0.333. The van der Waals surface area contributed by atoms with Crippen molar-refractivity contribution in [3.63, 3.8) is 0 Å². The van der Waals surface area contributed by atoms with Crippen LogP contribution in [0.3, 0.4) is 0 Å². The van der Waals surface area contributed by atoms with Crippen LogP contribution in [-0.2, 0) is 11.2 Å². The lowest BCUT2D eigenvalue weighted by atomic mass is 10.1. The van der Waals surface area contributed by atoms with E-state index in [2.05, 4.69) is 17.4 Å². The zero-order valence-electron chi connectivity index (χ0n) is 12.7. The fourth-order valence-electron chi connectivity index (χ4n) is 2.37. The van der Waals surface area contributed by atoms with Crippen molar-refractivity contribution in [3.8, 4) is 0 Å². The van der Waals surface area contributed by atoms with Crippen LogP contribution in [0.5, 0.6) is 0 Å². The summed E-state index contributed by atoms with van der Waals surface area (Å²) in [6.07, 6.45) is 0.154. The van der Waals surface area contributed by atoms with Gasteiger partial charge in [0.15, 0.2) is 0 Å². The Morgan fingerprint density at radius 1 is 1.09 bits per heavy atom. The lowest BCUT2D eigenvalue weighted by Crippen LogP contribution is -2.37. The molecule has 2 rings (SSSR count). The number of ether oxygens (including phenoxy) is 1. The lowest BCUT2D eigenvalue weighted by molar-refractivity contribution is 0.138. The molecule has 0 spiro atoms. The van der Waals surface area contributed by atoms with Gasteiger partial charge in [0.1, 0.15) is 5.82 Å². The standard InChI is InChI=1S/C18H22FNO2/c1-22-13-17(11-14-5-3-2-4-6-14)20-12-18(21)15-7-9-16(19)10-8-15/h2-10,17-18,20-21H,11-13H2,1H3. The van der Waals surface area contributed by atoms with Gasteiger partial charge in [0, 0.05) is 19.7 Å². The van der Waals surface area contributed by atoms with Crippen molar-refractivity contribution in [1.29, 1.82) is 0 Å². The SMILES string of the molecule is COCC(Cc1ccccc1)NCC(O)c1ccc(F)cc1. The molecule has 0 aromatic heterocycles. The van der Waals surface area contributed by atoms with Gasteiger partial charge in [0.05, 0.1) is 12.7 Å². The maximum absolute atomic E-state index is 12.9. The first-order valence-corrected chi connectivity index (χ1v) is 7.39. The highest BCUT2D eigenvalue weighted by molar-refractivity contribution is 5.19. The summed E-state index contributed by atoms with van der Waals surface area (Å²) >= 11 is 0. The highest BCUT2D eigenvalue weighted by Gasteiger charge is 2.13. The second-order valence-electron chi connectivity index (χ2n) is 5.32. The van der Waals surface area contributed by atoms with E-state index >= 15 is 0 Å². The predicted octanol–water partition coefficient (Wildman–Crippen LogP) is 2.71. The molecule has 118 valence electrons. The molecule has 0 aliphatic rings. The zero-order chi connectivity index (χ0) is 15.8. The Kier molecular flexibility index (Phi) is 6.52. The molecule has 0 bridgehead atoms. The van der Waals surface area contributed by atoms with E-state index in [1.165, 1.54) is 17.7 Å². The summed E-state index contributed by atoms with van der Waals surface area (Å²) in [5, 5.41) is 13.5. The van der Waals surface area contributed by atoms with Crippen LogP contribution in [0.25, 0.3) is 0 Å². The molecule has 2 aromatic carbocycles. The summed E-state index contributed by atoms with van der Waals surface area (Å²) in [5.74, 6) is -0.301. The molecule has 0 aliphatic carbocycles. The van der Waals surface area contributed by atoms with E-state index in [0.717, 1.165) is 6.42 Å². The number of aliphatic hydroxyl groups is 1. The average Bonchev–Trinajstić information content (AvgIpc) is 2.54. The molecule has 2 atom stereocenters. The summed E-state index contributed by atoms with van der Waals surface area (Å²) in [6.45, 7) is 0.956. The van der Waals surface area contributed by atoms with E-state index in [9.17, 15) is 9.50 Å². The number of nitrogens with one attached hydrogen (secondary N) is 1. The second-order valence-corrected chi connectivity index (χ2v) is 5.32. The third-order valence-electron chi connectivity index (χ3n) is 3.55. The van der Waals surface area contributed by atoms with Gasteiger partial charge in [-0.1, -0.05) is 42.5 Å². The average molecular weight is 303 g/mol. The Morgan fingerprint density at radius 3 is 2.41 bits per heavy atom. The molecule has 2 N–H and O–H groups in total. The van der Waals surface area contributed by atoms with Gasteiger partial charge in [-0.2, -0.15) is 0 Å². The zero-order valence-corrected chi connectivity index (χ0v) is 12.7. The lowest BCUT2D eigenvalue weighted by Gasteiger charge is -2.20. The first kappa shape index (κ1) is 16.6. The van der Waals surface area contributed by atoms with E-state index in [-0.39, 0.29) is 11.9 Å². The fourth-order valence-corrected chi connectivity index (χ4v) is 2.37. The van der Waals surface area contributed by atoms with Crippen LogP contribution in [0, 0.1) is 5.82 Å². The van der Waals surface area contributed by atoms with Crippen LogP contribution in [-0.4, -0.2) is 31.4 Å². The van der Waals surface area contributed by atoms with E-state index in [0.29, 0.717) is 18.7 Å². The number of methoxy groups -OCH3 is 1. The van der Waals surface area contributed by atoms with Crippen LogP contribution in [0.2, 0.25) is 0 Å². The Morgan fingerprint density at radius 2 is 1.77 bits per heavy atom. The van der Waals surface area contributed by atoms with Gasteiger partial charge in [-0.05, 0) is 29.7 Å². The molecule has 0 amide bonds. The molecule has 2 aromatic rings. The molecule has 0 aliphatic heterocycles. The maximum atomic E-state index is 12.9. The van der Waals surface area contributed by atoms with Gasteiger partial charge in [0.25, 0.3) is 0 Å². The Balaban J connectivity index is 1.89. The molecular formula is C18H22FNO2. The highest BCUT2D eigenvalue weighted by Crippen LogP contribution is 2.13. The topological polar surface area (TPSA) is 41.5 Å². The molecule has 4 heteroatoms. The van der Waals surface area contributed by atoms with Gasteiger partial charge >= 0.3 is 0 Å². The molecule has 22 heavy (non-hydrogen) atoms. The van der Waals surface area contributed by atoms with E-state index < -0.39 is 6.10 Å². The van der Waals surface area contributed by atoms with Crippen molar-refractivity contribution in [2.24, 2.45) is 0 Å². The molecular weight excluding hydrogens is 281 g/mol. The van der Waals surface area contributed by atoms with Crippen molar-refractivity contribution in [1.82, 2.24) is 5.32 Å². The molecule has 0 saturated carbocycles. The van der Waals surface area contributed by atoms with Crippen molar-refractivity contribution in [2.45, 2.75) is 18.6 Å². The molecule has 2 unspecified atom stereocenters. The number of rotatable bonds is 8. The number of aliphatic hydroxyl groups excluding tert-OH is 1. The Hall–Kier alpha value is -1.75. The van der Waals surface area contributed by atoms with Crippen molar-refractivity contribution in [2.75, 3.05) is 20.3 Å². The van der Waals surface area contributed by atoms with Crippen LogP contribution in [0.1, 0.15) is 17.2 Å². The van der Waals surface area contributed by atoms with Gasteiger partial charge in [0.2, 0.25) is 0 Å². The molecule has 0 radical (unpaired) electrons. The van der Waals surface area contributed by atoms with Crippen molar-refractivity contribution in [3.05, 3.63) is 71.5 Å². The summed E-state index contributed by atoms with van der Waals surface area (Å²) in [6, 6.07) is 16.2. The number of hydrogen-bond donors (Lipinski definition) is 2. The molecule has 0 fully saturated rings. The van der Waals surface area contributed by atoms with Gasteiger partial charge in [-0.3, -0.25) is 0 Å². The van der Waals surface area contributed by atoms with Crippen LogP contribution < -0.4 is 5.32 Å². The van der Waals surface area contributed by atoms with Crippen molar-refractivity contribution >= 4 is 0 Å². The van der Waals surface area contributed by atoms with Gasteiger partial charge < -0.3 is 15.2 Å². The van der Waals surface area contributed by atoms with Crippen LogP contribution in [0.4, 0.5) is 4.39 Å². The Labute approximate surface area is 130 Å². The Bertz CT molecular complexity index is 545. The normalized spacial score (nSPS) is 13.8. The van der Waals surface area contributed by atoms with E-state index in [4.69, 9.17) is 4.74 Å². The van der Waals surface area contributed by atoms with Crippen LogP contribution in [0.15, 0.2) is 54.6 Å². The maximum Gasteiger partial charge on any atom is 0.123 e. The third-order valence-corrected chi connectivity index (χ3v) is 3.55. The smallest absolute Gasteiger partial charge is 0.123 e. The largest absolute Gasteiger partial charge is 0.387 e. The van der Waals surface area contributed by atoms with Crippen molar-refractivity contribution < 1.29 is 14.2 Å². The predicted molar refractivity (Wildman–Crippen MR) is 85.2 cm³/mol. The second kappa shape index (κ2) is 8.63. The summed E-state index contributed by atoms with van der Waals surface area (Å²) in [5.41, 5.74) is 1.91. The monoisotopic (exact) mass is 303 g/mol. The first-order valence-electron chi connectivity index (χ1n) is 7.39. The summed E-state index contributed by atoms with van der Waals surface area (Å²) < 4.78 is 18.1. The molecule has 0 saturated heterocycles. The first-order chi connectivity index (χ1) is 10.7. The van der Waals surface area contributed by atoms with E-state index in [1.807, 2.05) is 18.2 Å². The number of halogens is 1. The quantitative estimate of drug-likeness (QED) is 0.788.